The molecule has 0 unspecified atom stereocenters. The molecule has 0 aliphatic heterocycles. The van der Waals surface area contributed by atoms with Crippen molar-refractivity contribution >= 4 is 5.78 Å². The Morgan fingerprint density at radius 1 is 1.38 bits per heavy atom. The smallest absolute Gasteiger partial charge is 0.135 e. The summed E-state index contributed by atoms with van der Waals surface area (Å²) in [5.74, 6) is 0.0995. The summed E-state index contributed by atoms with van der Waals surface area (Å²) in [6.45, 7) is 1.68. The molecule has 8 heavy (non-hydrogen) atoms. The molecule has 0 N–H and O–H groups in total. The highest BCUT2D eigenvalue weighted by atomic mass is 16.3. The van der Waals surface area contributed by atoms with Crippen molar-refractivity contribution in [2.75, 3.05) is 6.61 Å². The molecule has 0 rings (SSSR count). The number of carbonyl (C=O) groups excluding carboxylic acids is 1. The van der Waals surface area contributed by atoms with Crippen LogP contribution >= 0.6 is 0 Å². The number of Topliss-reactive ketones (excluding diaryl/α,β-unsaturated/α-hetero) is 1. The molecule has 0 atom stereocenters. The molecule has 0 aliphatic rings. The molecule has 0 aromatic heterocycles. The molecule has 1 radical (unpaired) electrons. The van der Waals surface area contributed by atoms with Crippen LogP contribution in [0.15, 0.2) is 0 Å². The lowest BCUT2D eigenvalue weighted by Crippen LogP contribution is -1.98. The molecule has 0 aliphatic carbocycles. The van der Waals surface area contributed by atoms with Crippen LogP contribution in [0.1, 0.15) is 26.2 Å². The van der Waals surface area contributed by atoms with Gasteiger partial charge in [-0.25, -0.2) is 5.11 Å². The van der Waals surface area contributed by atoms with Crippen molar-refractivity contribution in [2.24, 2.45) is 0 Å². The van der Waals surface area contributed by atoms with Crippen molar-refractivity contribution in [1.29, 1.82) is 0 Å². The van der Waals surface area contributed by atoms with Gasteiger partial charge in [0.25, 0.3) is 0 Å². The predicted octanol–water partition coefficient (Wildman–Crippen LogP) is 1.18. The molecule has 0 spiro atoms. The van der Waals surface area contributed by atoms with E-state index in [0.29, 0.717) is 6.42 Å². The maximum absolute atomic E-state index is 10.4. The van der Waals surface area contributed by atoms with Gasteiger partial charge in [0.2, 0.25) is 0 Å². The monoisotopic (exact) mass is 115 g/mol. The van der Waals surface area contributed by atoms with E-state index >= 15 is 0 Å². The fourth-order valence-corrected chi connectivity index (χ4v) is 0.518. The average Bonchev–Trinajstić information content (AvgIpc) is 1.68. The van der Waals surface area contributed by atoms with Crippen LogP contribution in [0.4, 0.5) is 0 Å². The molecule has 2 heteroatoms. The number of ketones is 1. The molecule has 0 aromatic rings. The van der Waals surface area contributed by atoms with E-state index in [2.05, 4.69) is 0 Å². The van der Waals surface area contributed by atoms with E-state index in [1.807, 2.05) is 6.92 Å². The SMILES string of the molecule is CCCC(=O)CC[O]. The first-order valence-electron chi connectivity index (χ1n) is 2.91. The number of hydrogen-bond acceptors (Lipinski definition) is 1. The summed E-state index contributed by atoms with van der Waals surface area (Å²) in [6.07, 6.45) is 1.65. The fraction of sp³-hybridized carbons (Fsp3) is 0.833. The minimum atomic E-state index is -0.251. The Labute approximate surface area is 49.5 Å². The van der Waals surface area contributed by atoms with Gasteiger partial charge in [0.1, 0.15) is 5.78 Å². The average molecular weight is 115 g/mol. The molecule has 0 bridgehead atoms. The largest absolute Gasteiger partial charge is 0.300 e. The molecular formula is C6H11O2. The summed E-state index contributed by atoms with van der Waals surface area (Å²) in [5, 5.41) is 9.79. The van der Waals surface area contributed by atoms with Crippen molar-refractivity contribution in [2.45, 2.75) is 26.2 Å². The normalized spacial score (nSPS) is 9.25. The lowest BCUT2D eigenvalue weighted by molar-refractivity contribution is -0.120. The highest BCUT2D eigenvalue weighted by Gasteiger charge is 1.96. The summed E-state index contributed by atoms with van der Waals surface area (Å²) in [7, 11) is 0. The van der Waals surface area contributed by atoms with Crippen LogP contribution in [0.5, 0.6) is 0 Å². The lowest BCUT2D eigenvalue weighted by atomic mass is 10.2. The van der Waals surface area contributed by atoms with Crippen LogP contribution in [0.2, 0.25) is 0 Å². The zero-order valence-corrected chi connectivity index (χ0v) is 5.14. The van der Waals surface area contributed by atoms with Gasteiger partial charge in [0, 0.05) is 12.8 Å². The molecule has 47 valence electrons. The van der Waals surface area contributed by atoms with Crippen LogP contribution in [0.25, 0.3) is 0 Å². The molecular weight excluding hydrogens is 104 g/mol. The van der Waals surface area contributed by atoms with Crippen molar-refractivity contribution in [1.82, 2.24) is 0 Å². The van der Waals surface area contributed by atoms with Gasteiger partial charge in [-0.1, -0.05) is 6.92 Å². The van der Waals surface area contributed by atoms with Gasteiger partial charge in [-0.2, -0.15) is 0 Å². The Kier molecular flexibility index (Phi) is 4.56. The second-order valence-electron chi connectivity index (χ2n) is 1.74. The minimum Gasteiger partial charge on any atom is -0.300 e. The summed E-state index contributed by atoms with van der Waals surface area (Å²) < 4.78 is 0. The molecule has 0 heterocycles. The molecule has 0 saturated carbocycles. The van der Waals surface area contributed by atoms with Crippen molar-refractivity contribution in [3.05, 3.63) is 0 Å². The molecule has 0 fully saturated rings. The highest BCUT2D eigenvalue weighted by Crippen LogP contribution is 1.91. The van der Waals surface area contributed by atoms with E-state index in [1.54, 1.807) is 0 Å². The van der Waals surface area contributed by atoms with Gasteiger partial charge in [0.05, 0.1) is 6.61 Å². The third kappa shape index (κ3) is 3.81. The minimum absolute atomic E-state index is 0.0995. The summed E-state index contributed by atoms with van der Waals surface area (Å²) >= 11 is 0. The first-order valence-corrected chi connectivity index (χ1v) is 2.91. The van der Waals surface area contributed by atoms with Gasteiger partial charge in [-0.15, -0.1) is 0 Å². The van der Waals surface area contributed by atoms with Crippen molar-refractivity contribution in [3.8, 4) is 0 Å². The van der Waals surface area contributed by atoms with Gasteiger partial charge >= 0.3 is 0 Å². The quantitative estimate of drug-likeness (QED) is 0.542. The zero-order chi connectivity index (χ0) is 6.41. The summed E-state index contributed by atoms with van der Waals surface area (Å²) in [4.78, 5) is 10.4. The van der Waals surface area contributed by atoms with Crippen LogP contribution in [-0.4, -0.2) is 12.4 Å². The van der Waals surface area contributed by atoms with Crippen LogP contribution in [0, 0.1) is 0 Å². The first kappa shape index (κ1) is 7.63. The Hall–Kier alpha value is -0.370. The predicted molar refractivity (Wildman–Crippen MR) is 30.1 cm³/mol. The summed E-state index contributed by atoms with van der Waals surface area (Å²) in [5.41, 5.74) is 0. The van der Waals surface area contributed by atoms with Crippen molar-refractivity contribution in [3.63, 3.8) is 0 Å². The number of carbonyl (C=O) groups is 1. The Morgan fingerprint density at radius 2 is 2.00 bits per heavy atom. The standard InChI is InChI=1S/C6H11O2/c1-2-3-6(8)4-5-7/h2-5H2,1H3. The zero-order valence-electron chi connectivity index (χ0n) is 5.14. The van der Waals surface area contributed by atoms with Crippen LogP contribution in [-0.2, 0) is 9.90 Å². The maximum atomic E-state index is 10.4. The van der Waals surface area contributed by atoms with E-state index in [9.17, 15) is 9.90 Å². The summed E-state index contributed by atoms with van der Waals surface area (Å²) in [6, 6.07) is 0. The first-order chi connectivity index (χ1) is 3.81. The lowest BCUT2D eigenvalue weighted by Gasteiger charge is -1.89. The van der Waals surface area contributed by atoms with Crippen molar-refractivity contribution < 1.29 is 9.90 Å². The van der Waals surface area contributed by atoms with E-state index in [-0.39, 0.29) is 18.8 Å². The topological polar surface area (TPSA) is 37.0 Å². The van der Waals surface area contributed by atoms with Gasteiger partial charge in [-0.3, -0.25) is 4.79 Å². The molecule has 0 saturated heterocycles. The van der Waals surface area contributed by atoms with Gasteiger partial charge in [-0.05, 0) is 6.42 Å². The second-order valence-corrected chi connectivity index (χ2v) is 1.74. The highest BCUT2D eigenvalue weighted by molar-refractivity contribution is 5.78. The third-order valence-electron chi connectivity index (χ3n) is 0.910. The van der Waals surface area contributed by atoms with Gasteiger partial charge in [0.15, 0.2) is 0 Å². The molecule has 2 nitrogen and oxygen atoms in total. The van der Waals surface area contributed by atoms with E-state index < -0.39 is 0 Å². The fourth-order valence-electron chi connectivity index (χ4n) is 0.518. The molecule has 0 amide bonds. The van der Waals surface area contributed by atoms with E-state index in [4.69, 9.17) is 0 Å². The Morgan fingerprint density at radius 3 is 2.38 bits per heavy atom. The van der Waals surface area contributed by atoms with Crippen LogP contribution < -0.4 is 0 Å². The third-order valence-corrected chi connectivity index (χ3v) is 0.910. The number of hydrogen-bond donors (Lipinski definition) is 0. The maximum Gasteiger partial charge on any atom is 0.135 e. The Balaban J connectivity index is 3.06. The second kappa shape index (κ2) is 4.78. The van der Waals surface area contributed by atoms with Gasteiger partial charge < -0.3 is 0 Å². The van der Waals surface area contributed by atoms with E-state index in [0.717, 1.165) is 6.42 Å². The molecule has 0 aromatic carbocycles. The Bertz CT molecular complexity index is 60.9. The van der Waals surface area contributed by atoms with Crippen LogP contribution in [0.3, 0.4) is 0 Å². The number of rotatable bonds is 4. The van der Waals surface area contributed by atoms with E-state index in [1.165, 1.54) is 0 Å².